The molecule has 1 aromatic carbocycles. The van der Waals surface area contributed by atoms with Crippen LogP contribution in [0.2, 0.25) is 0 Å². The zero-order valence-corrected chi connectivity index (χ0v) is 20.8. The van der Waals surface area contributed by atoms with E-state index in [9.17, 15) is 14.9 Å². The fourth-order valence-corrected chi connectivity index (χ4v) is 4.86. The van der Waals surface area contributed by atoms with Gasteiger partial charge < -0.3 is 24.4 Å². The van der Waals surface area contributed by atoms with Gasteiger partial charge in [0.2, 0.25) is 5.91 Å². The van der Waals surface area contributed by atoms with E-state index in [4.69, 9.17) is 13.7 Å². The first-order valence-electron chi connectivity index (χ1n) is 12.4. The molecule has 184 valence electrons. The normalized spacial score (nSPS) is 23.5. The summed E-state index contributed by atoms with van der Waals surface area (Å²) in [7, 11) is -0.532. The molecule has 9 heteroatoms. The van der Waals surface area contributed by atoms with Crippen LogP contribution in [0, 0.1) is 11.3 Å². The Kier molecular flexibility index (Phi) is 5.53. The van der Waals surface area contributed by atoms with Gasteiger partial charge in [0.05, 0.1) is 17.3 Å². The molecule has 0 atom stereocenters. The Labute approximate surface area is 205 Å². The summed E-state index contributed by atoms with van der Waals surface area (Å²) in [5.74, 6) is -0.564. The van der Waals surface area contributed by atoms with Crippen LogP contribution in [0.4, 0.5) is 0 Å². The standard InChI is InChI=1S/C26H32BN3O5/c1-23(2)24(3,4)35-27(34-23)18-9-8-17-14-20(33-19(17)15-18)21(31)29-26(10-6-5-7-11-26)22(32)30-25(16-28)12-13-25/h8-9,14-15H,5-7,10-13H2,1-4H3,(H,29,31)(H,30,32). The molecular weight excluding hydrogens is 445 g/mol. The minimum Gasteiger partial charge on any atom is -0.451 e. The number of nitriles is 1. The van der Waals surface area contributed by atoms with Gasteiger partial charge in [0.25, 0.3) is 5.91 Å². The summed E-state index contributed by atoms with van der Waals surface area (Å²) in [6.45, 7) is 8.00. The third kappa shape index (κ3) is 4.23. The van der Waals surface area contributed by atoms with Crippen molar-refractivity contribution in [1.29, 1.82) is 5.26 Å². The minimum absolute atomic E-state index is 0.144. The van der Waals surface area contributed by atoms with Gasteiger partial charge >= 0.3 is 7.12 Å². The van der Waals surface area contributed by atoms with Crippen LogP contribution in [-0.2, 0) is 14.1 Å². The van der Waals surface area contributed by atoms with Gasteiger partial charge in [-0.1, -0.05) is 31.4 Å². The maximum atomic E-state index is 13.3. The second-order valence-electron chi connectivity index (χ2n) is 11.2. The van der Waals surface area contributed by atoms with E-state index in [0.29, 0.717) is 31.3 Å². The number of hydrogen-bond donors (Lipinski definition) is 2. The SMILES string of the molecule is CC1(C)OB(c2ccc3cc(C(=O)NC4(C(=O)NC5(C#N)CC5)CCCCC4)oc3c2)OC1(C)C. The van der Waals surface area contributed by atoms with Gasteiger partial charge in [-0.05, 0) is 71.0 Å². The van der Waals surface area contributed by atoms with E-state index in [1.165, 1.54) is 0 Å². The molecule has 0 radical (unpaired) electrons. The lowest BCUT2D eigenvalue weighted by Crippen LogP contribution is -2.61. The lowest BCUT2D eigenvalue weighted by Gasteiger charge is -2.37. The number of benzene rings is 1. The summed E-state index contributed by atoms with van der Waals surface area (Å²) < 4.78 is 18.2. The molecule has 0 bridgehead atoms. The maximum Gasteiger partial charge on any atom is 0.494 e. The second-order valence-corrected chi connectivity index (χ2v) is 11.2. The molecule has 2 heterocycles. The highest BCUT2D eigenvalue weighted by Crippen LogP contribution is 2.38. The molecule has 2 aliphatic carbocycles. The van der Waals surface area contributed by atoms with Gasteiger partial charge in [0.1, 0.15) is 16.7 Å². The van der Waals surface area contributed by atoms with E-state index >= 15 is 0 Å². The van der Waals surface area contributed by atoms with Crippen molar-refractivity contribution in [2.24, 2.45) is 0 Å². The largest absolute Gasteiger partial charge is 0.494 e. The van der Waals surface area contributed by atoms with Crippen molar-refractivity contribution < 1.29 is 23.3 Å². The number of furan rings is 1. The summed E-state index contributed by atoms with van der Waals surface area (Å²) in [6, 6.07) is 9.51. The molecule has 2 N–H and O–H groups in total. The first kappa shape index (κ1) is 23.9. The number of nitrogens with one attached hydrogen (secondary N) is 2. The maximum absolute atomic E-state index is 13.3. The lowest BCUT2D eigenvalue weighted by molar-refractivity contribution is -0.129. The van der Waals surface area contributed by atoms with Crippen molar-refractivity contribution in [3.05, 3.63) is 30.0 Å². The summed E-state index contributed by atoms with van der Waals surface area (Å²) in [6.07, 6.45) is 5.06. The minimum atomic E-state index is -1.03. The Bertz CT molecular complexity index is 1200. The van der Waals surface area contributed by atoms with E-state index in [0.717, 1.165) is 30.1 Å². The molecule has 5 rings (SSSR count). The first-order valence-corrected chi connectivity index (χ1v) is 12.4. The first-order chi connectivity index (χ1) is 16.5. The molecule has 1 aliphatic heterocycles. The van der Waals surface area contributed by atoms with Crippen molar-refractivity contribution >= 4 is 35.4 Å². The molecule has 0 spiro atoms. The fraction of sp³-hybridized carbons (Fsp3) is 0.577. The number of nitrogens with zero attached hydrogens (tertiary/aromatic N) is 1. The molecule has 1 aromatic heterocycles. The van der Waals surface area contributed by atoms with Crippen LogP contribution < -0.4 is 16.1 Å². The van der Waals surface area contributed by atoms with Crippen molar-refractivity contribution in [2.75, 3.05) is 0 Å². The quantitative estimate of drug-likeness (QED) is 0.639. The molecular formula is C26H32BN3O5. The summed E-state index contributed by atoms with van der Waals surface area (Å²) in [5, 5.41) is 16.0. The molecule has 35 heavy (non-hydrogen) atoms. The molecule has 3 aliphatic rings. The highest BCUT2D eigenvalue weighted by atomic mass is 16.7. The summed E-state index contributed by atoms with van der Waals surface area (Å²) in [4.78, 5) is 26.5. The Morgan fingerprint density at radius 1 is 0.943 bits per heavy atom. The van der Waals surface area contributed by atoms with Gasteiger partial charge in [-0.15, -0.1) is 0 Å². The van der Waals surface area contributed by atoms with Gasteiger partial charge in [-0.25, -0.2) is 0 Å². The van der Waals surface area contributed by atoms with E-state index in [1.54, 1.807) is 6.07 Å². The Morgan fingerprint density at radius 2 is 1.60 bits per heavy atom. The number of carbonyl (C=O) groups is 2. The topological polar surface area (TPSA) is 114 Å². The van der Waals surface area contributed by atoms with Crippen molar-refractivity contribution in [1.82, 2.24) is 10.6 Å². The molecule has 1 saturated heterocycles. The number of amides is 2. The van der Waals surface area contributed by atoms with Crippen LogP contribution in [0.3, 0.4) is 0 Å². The van der Waals surface area contributed by atoms with E-state index in [2.05, 4.69) is 16.7 Å². The monoisotopic (exact) mass is 477 g/mol. The van der Waals surface area contributed by atoms with Crippen LogP contribution in [0.25, 0.3) is 11.0 Å². The van der Waals surface area contributed by atoms with Crippen molar-refractivity contribution in [2.45, 2.75) is 94.9 Å². The predicted molar refractivity (Wildman–Crippen MR) is 131 cm³/mol. The zero-order valence-electron chi connectivity index (χ0n) is 20.8. The van der Waals surface area contributed by atoms with Crippen LogP contribution in [0.15, 0.2) is 28.7 Å². The van der Waals surface area contributed by atoms with Crippen LogP contribution in [0.5, 0.6) is 0 Å². The van der Waals surface area contributed by atoms with E-state index in [-0.39, 0.29) is 11.7 Å². The molecule has 0 unspecified atom stereocenters. The molecule has 8 nitrogen and oxygen atoms in total. The molecule has 2 amide bonds. The Hall–Kier alpha value is -2.83. The number of fused-ring (bicyclic) bond motifs is 1. The van der Waals surface area contributed by atoms with Gasteiger partial charge in [0.15, 0.2) is 5.76 Å². The van der Waals surface area contributed by atoms with Crippen LogP contribution in [0.1, 0.15) is 83.2 Å². The zero-order chi connectivity index (χ0) is 25.1. The number of carbonyl (C=O) groups excluding carboxylic acids is 2. The van der Waals surface area contributed by atoms with Crippen molar-refractivity contribution in [3.8, 4) is 6.07 Å². The lowest BCUT2D eigenvalue weighted by atomic mass is 9.79. The van der Waals surface area contributed by atoms with Crippen LogP contribution >= 0.6 is 0 Å². The number of hydrogen-bond acceptors (Lipinski definition) is 6. The number of rotatable bonds is 5. The molecule has 2 aromatic rings. The summed E-state index contributed by atoms with van der Waals surface area (Å²) >= 11 is 0. The Morgan fingerprint density at radius 3 is 2.20 bits per heavy atom. The van der Waals surface area contributed by atoms with Gasteiger partial charge in [-0.2, -0.15) is 5.26 Å². The predicted octanol–water partition coefficient (Wildman–Crippen LogP) is 3.34. The average molecular weight is 477 g/mol. The highest BCUT2D eigenvalue weighted by molar-refractivity contribution is 6.62. The molecule has 2 saturated carbocycles. The van der Waals surface area contributed by atoms with E-state index < -0.39 is 35.3 Å². The van der Waals surface area contributed by atoms with Gasteiger partial charge in [-0.3, -0.25) is 9.59 Å². The van der Waals surface area contributed by atoms with Crippen molar-refractivity contribution in [3.63, 3.8) is 0 Å². The van der Waals surface area contributed by atoms with E-state index in [1.807, 2.05) is 45.9 Å². The third-order valence-corrected chi connectivity index (χ3v) is 8.10. The second kappa shape index (κ2) is 8.11. The fourth-order valence-electron chi connectivity index (χ4n) is 4.86. The smallest absolute Gasteiger partial charge is 0.451 e. The van der Waals surface area contributed by atoms with Gasteiger partial charge in [0, 0.05) is 5.39 Å². The average Bonchev–Trinajstić information content (AvgIpc) is 3.38. The Balaban J connectivity index is 1.36. The highest BCUT2D eigenvalue weighted by Gasteiger charge is 2.52. The summed E-state index contributed by atoms with van der Waals surface area (Å²) in [5.41, 5.74) is -1.37. The third-order valence-electron chi connectivity index (χ3n) is 8.10. The van der Waals surface area contributed by atoms with Crippen LogP contribution in [-0.4, -0.2) is 41.2 Å². The molecule has 3 fully saturated rings.